The number of allylic oxidation sites excluding steroid dienone is 3. The molecule has 7 nitrogen and oxygen atoms in total. The molecule has 0 heterocycles. The van der Waals surface area contributed by atoms with Crippen molar-refractivity contribution in [3.8, 4) is 0 Å². The third-order valence-corrected chi connectivity index (χ3v) is 8.62. The van der Waals surface area contributed by atoms with Gasteiger partial charge in [0.2, 0.25) is 5.91 Å². The molecule has 0 bridgehead atoms. The lowest BCUT2D eigenvalue weighted by Crippen LogP contribution is -2.45. The summed E-state index contributed by atoms with van der Waals surface area (Å²) >= 11 is 0. The summed E-state index contributed by atoms with van der Waals surface area (Å²) in [6, 6.07) is -0.950. The molecule has 0 rings (SSSR count). The zero-order valence-corrected chi connectivity index (χ0v) is 29.4. The molecular formula is C36H69NO6P-. The number of phosphoric acid groups is 1. The zero-order valence-electron chi connectivity index (χ0n) is 28.5. The minimum Gasteiger partial charge on any atom is -0.756 e. The normalized spacial score (nSPS) is 14.8. The summed E-state index contributed by atoms with van der Waals surface area (Å²) < 4.78 is 15.6. The molecule has 0 aliphatic carbocycles. The molecule has 44 heavy (non-hydrogen) atoms. The van der Waals surface area contributed by atoms with E-state index >= 15 is 0 Å². The fourth-order valence-electron chi connectivity index (χ4n) is 5.33. The first-order chi connectivity index (χ1) is 21.3. The van der Waals surface area contributed by atoms with Crippen molar-refractivity contribution in [1.29, 1.82) is 0 Å². The summed E-state index contributed by atoms with van der Waals surface area (Å²) in [6.07, 6.45) is 37.4. The van der Waals surface area contributed by atoms with E-state index in [1.807, 2.05) is 6.08 Å². The van der Waals surface area contributed by atoms with E-state index in [2.05, 4.69) is 35.8 Å². The summed E-state index contributed by atoms with van der Waals surface area (Å²) in [5, 5.41) is 13.3. The number of hydrogen-bond acceptors (Lipinski definition) is 5. The molecule has 0 aromatic rings. The second-order valence-corrected chi connectivity index (χ2v) is 13.7. The van der Waals surface area contributed by atoms with Gasteiger partial charge in [0.1, 0.15) is 0 Å². The van der Waals surface area contributed by atoms with Crippen LogP contribution in [0.2, 0.25) is 0 Å². The van der Waals surface area contributed by atoms with Crippen molar-refractivity contribution in [3.05, 3.63) is 24.3 Å². The Morgan fingerprint density at radius 1 is 0.682 bits per heavy atom. The van der Waals surface area contributed by atoms with Crippen LogP contribution >= 0.6 is 7.82 Å². The van der Waals surface area contributed by atoms with Gasteiger partial charge in [-0.15, -0.1) is 0 Å². The Morgan fingerprint density at radius 3 is 1.50 bits per heavy atom. The smallest absolute Gasteiger partial charge is 0.265 e. The third-order valence-electron chi connectivity index (χ3n) is 8.15. The lowest BCUT2D eigenvalue weighted by Gasteiger charge is -2.25. The number of hydrogen-bond donors (Lipinski definition) is 3. The van der Waals surface area contributed by atoms with Crippen LogP contribution in [0.1, 0.15) is 181 Å². The highest BCUT2D eigenvalue weighted by Gasteiger charge is 2.21. The van der Waals surface area contributed by atoms with Gasteiger partial charge in [-0.2, -0.15) is 0 Å². The van der Waals surface area contributed by atoms with Gasteiger partial charge in [-0.3, -0.25) is 9.36 Å². The first kappa shape index (κ1) is 43.0. The molecule has 3 atom stereocenters. The average molecular weight is 643 g/mol. The number of unbranched alkanes of at least 4 members (excludes halogenated alkanes) is 22. The van der Waals surface area contributed by atoms with Gasteiger partial charge >= 0.3 is 0 Å². The molecule has 0 saturated carbocycles. The highest BCUT2D eigenvalue weighted by Crippen LogP contribution is 2.30. The summed E-state index contributed by atoms with van der Waals surface area (Å²) in [7, 11) is -4.96. The highest BCUT2D eigenvalue weighted by molar-refractivity contribution is 7.44. The molecule has 0 fully saturated rings. The molecule has 0 aliphatic heterocycles. The molecule has 0 radical (unpaired) electrons. The fraction of sp³-hybridized carbons (Fsp3) is 0.861. The van der Waals surface area contributed by atoms with E-state index in [1.54, 1.807) is 6.08 Å². The number of carbonyl (C=O) groups excluding carboxylic acids is 1. The molecule has 0 aromatic carbocycles. The van der Waals surface area contributed by atoms with Crippen LogP contribution in [0.15, 0.2) is 24.3 Å². The first-order valence-electron chi connectivity index (χ1n) is 18.3. The van der Waals surface area contributed by atoms with Gasteiger partial charge in [-0.25, -0.2) is 0 Å². The number of amides is 1. The maximum Gasteiger partial charge on any atom is 0.265 e. The Morgan fingerprint density at radius 2 is 1.07 bits per heavy atom. The van der Waals surface area contributed by atoms with Crippen LogP contribution in [0.4, 0.5) is 0 Å². The fourth-order valence-corrected chi connectivity index (χ4v) is 5.68. The molecule has 3 N–H and O–H groups in total. The van der Waals surface area contributed by atoms with Crippen LogP contribution in [0.5, 0.6) is 0 Å². The summed E-state index contributed by atoms with van der Waals surface area (Å²) in [6.45, 7) is 3.97. The number of carbonyl (C=O) groups is 1. The van der Waals surface area contributed by atoms with E-state index in [-0.39, 0.29) is 5.91 Å². The van der Waals surface area contributed by atoms with E-state index in [1.165, 1.54) is 103 Å². The molecule has 1 unspecified atom stereocenters. The molecular weight excluding hydrogens is 573 g/mol. The monoisotopic (exact) mass is 642 g/mol. The van der Waals surface area contributed by atoms with Crippen molar-refractivity contribution < 1.29 is 28.8 Å². The maximum absolute atomic E-state index is 12.5. The van der Waals surface area contributed by atoms with Crippen molar-refractivity contribution in [2.45, 2.75) is 193 Å². The van der Waals surface area contributed by atoms with Crippen LogP contribution in [-0.2, 0) is 13.9 Å². The largest absolute Gasteiger partial charge is 0.756 e. The van der Waals surface area contributed by atoms with E-state index in [0.717, 1.165) is 57.8 Å². The molecule has 8 heteroatoms. The molecule has 260 valence electrons. The van der Waals surface area contributed by atoms with Crippen LogP contribution < -0.4 is 10.2 Å². The molecule has 0 aliphatic rings. The number of rotatable bonds is 33. The minimum absolute atomic E-state index is 0.257. The van der Waals surface area contributed by atoms with Crippen molar-refractivity contribution in [3.63, 3.8) is 0 Å². The van der Waals surface area contributed by atoms with E-state index < -0.39 is 26.6 Å². The standard InChI is InChI=1S/C36H70NO6P/c1-3-5-7-9-11-13-15-17-18-20-22-24-26-28-30-32-36(39)37-34(33-43-44(40,41)42)35(38)31-29-27-25-23-21-19-16-14-12-10-8-6-4-2/h17-18,29,31,34-35,38H,3-16,19-28,30,32-33H2,1-2H3,(H,37,39)(H2,40,41,42)/p-1/b18-17-,31-29+/t34-,35+/m0/s1. The Labute approximate surface area is 271 Å². The average Bonchev–Trinajstić information content (AvgIpc) is 2.99. The number of phosphoric ester groups is 1. The number of nitrogens with one attached hydrogen (secondary N) is 1. The predicted octanol–water partition coefficient (Wildman–Crippen LogP) is 9.60. The predicted molar refractivity (Wildman–Crippen MR) is 183 cm³/mol. The van der Waals surface area contributed by atoms with Crippen molar-refractivity contribution in [2.75, 3.05) is 6.61 Å². The van der Waals surface area contributed by atoms with Gasteiger partial charge in [0.15, 0.2) is 0 Å². The summed E-state index contributed by atoms with van der Waals surface area (Å²) in [4.78, 5) is 32.6. The quantitative estimate of drug-likeness (QED) is 0.0373. The second-order valence-electron chi connectivity index (χ2n) is 12.5. The van der Waals surface area contributed by atoms with Gasteiger partial charge in [0.25, 0.3) is 7.82 Å². The lowest BCUT2D eigenvalue weighted by molar-refractivity contribution is -0.220. The Kier molecular flexibility index (Phi) is 31.3. The zero-order chi connectivity index (χ0) is 32.6. The van der Waals surface area contributed by atoms with Gasteiger partial charge < -0.3 is 24.7 Å². The molecule has 1 amide bonds. The second kappa shape index (κ2) is 32.0. The summed E-state index contributed by atoms with van der Waals surface area (Å²) in [5.74, 6) is -0.257. The topological polar surface area (TPSA) is 119 Å². The van der Waals surface area contributed by atoms with E-state index in [9.17, 15) is 19.4 Å². The van der Waals surface area contributed by atoms with Gasteiger partial charge in [-0.1, -0.05) is 154 Å². The van der Waals surface area contributed by atoms with Crippen LogP contribution in [0, 0.1) is 0 Å². The van der Waals surface area contributed by atoms with Crippen molar-refractivity contribution >= 4 is 13.7 Å². The number of aliphatic hydroxyl groups excluding tert-OH is 1. The van der Waals surface area contributed by atoms with E-state index in [0.29, 0.717) is 6.42 Å². The van der Waals surface area contributed by atoms with Crippen molar-refractivity contribution in [1.82, 2.24) is 5.32 Å². The minimum atomic E-state index is -4.96. The van der Waals surface area contributed by atoms with Gasteiger partial charge in [-0.05, 0) is 44.9 Å². The molecule has 0 aromatic heterocycles. The van der Waals surface area contributed by atoms with Gasteiger partial charge in [0.05, 0.1) is 18.8 Å². The van der Waals surface area contributed by atoms with E-state index in [4.69, 9.17) is 4.89 Å². The number of aliphatic hydroxyl groups is 1. The molecule has 0 saturated heterocycles. The Balaban J connectivity index is 4.07. The van der Waals surface area contributed by atoms with Crippen molar-refractivity contribution in [2.24, 2.45) is 0 Å². The first-order valence-corrected chi connectivity index (χ1v) is 19.8. The molecule has 0 spiro atoms. The van der Waals surface area contributed by atoms with Crippen LogP contribution in [0.3, 0.4) is 0 Å². The van der Waals surface area contributed by atoms with Crippen LogP contribution in [0.25, 0.3) is 0 Å². The Bertz CT molecular complexity index is 738. The lowest BCUT2D eigenvalue weighted by atomic mass is 10.0. The maximum atomic E-state index is 12.5. The third kappa shape index (κ3) is 32.4. The Hall–Kier alpha value is -0.980. The SMILES string of the molecule is CCCCCCCC/C=C\CCCCCCCC(=O)N[C@@H](COP(=O)([O-])O)[C@H](O)/C=C/CCCCCCCCCCCCC. The highest BCUT2D eigenvalue weighted by atomic mass is 31.2. The summed E-state index contributed by atoms with van der Waals surface area (Å²) in [5.41, 5.74) is 0. The van der Waals surface area contributed by atoms with Crippen LogP contribution in [-0.4, -0.2) is 34.7 Å². The van der Waals surface area contributed by atoms with Gasteiger partial charge in [0, 0.05) is 6.42 Å².